The number of aromatic nitrogens is 1. The van der Waals surface area contributed by atoms with Crippen molar-refractivity contribution in [1.29, 1.82) is 0 Å². The Kier molecular flexibility index (Phi) is 6.62. The molecule has 5 rings (SSSR count). The number of hydrogen-bond acceptors (Lipinski definition) is 7. The lowest BCUT2D eigenvalue weighted by Crippen LogP contribution is -2.45. The van der Waals surface area contributed by atoms with E-state index >= 15 is 0 Å². The molecule has 5 N–H and O–H groups in total. The fraction of sp³-hybridized carbons (Fsp3) is 0.357. The number of phenolic OH excluding ortho intramolecular Hbond substituents is 1. The number of rotatable bonds is 7. The molecule has 0 aliphatic carbocycles. The number of anilines is 3. The van der Waals surface area contributed by atoms with E-state index in [0.29, 0.717) is 22.4 Å². The molecule has 0 atom stereocenters. The zero-order valence-electron chi connectivity index (χ0n) is 20.8. The van der Waals surface area contributed by atoms with Crippen LogP contribution in [0.4, 0.5) is 17.2 Å². The molecule has 0 spiro atoms. The number of aromatic hydroxyl groups is 1. The van der Waals surface area contributed by atoms with E-state index in [1.807, 2.05) is 18.2 Å². The number of carbonyl (C=O) groups is 1. The van der Waals surface area contributed by atoms with Gasteiger partial charge in [0, 0.05) is 36.4 Å². The van der Waals surface area contributed by atoms with Gasteiger partial charge < -0.3 is 26.4 Å². The summed E-state index contributed by atoms with van der Waals surface area (Å²) in [5, 5.41) is 13.9. The summed E-state index contributed by atoms with van der Waals surface area (Å²) in [6.45, 7) is 6.83. The van der Waals surface area contributed by atoms with Gasteiger partial charge in [-0.2, -0.15) is 0 Å². The Morgan fingerprint density at radius 1 is 1.19 bits per heavy atom. The normalized spacial score (nSPS) is 14.6. The van der Waals surface area contributed by atoms with Gasteiger partial charge in [-0.05, 0) is 49.3 Å². The van der Waals surface area contributed by atoms with Crippen LogP contribution >= 0.6 is 11.3 Å². The van der Waals surface area contributed by atoms with Crippen molar-refractivity contribution >= 4 is 55.4 Å². The molecule has 1 fully saturated rings. The Hall–Kier alpha value is -3.52. The van der Waals surface area contributed by atoms with E-state index in [4.69, 9.17) is 16.5 Å². The Morgan fingerprint density at radius 3 is 2.64 bits per heavy atom. The van der Waals surface area contributed by atoms with Gasteiger partial charge in [-0.3, -0.25) is 4.79 Å². The standard InChI is InChI=1S/C28H33N5O2S/c1-3-7-18-16-22(31-28-23(18)24(29)26(36-28)27(30)35)32-14-12-19(13-15-32)33(4-2)25-20-9-6-5-8-17(20)10-11-21(25)34/h5-6,8-11,16,19,34H,3-4,7,12-15,29H2,1-2H3,(H2,30,35). The quantitative estimate of drug-likeness (QED) is 0.316. The van der Waals surface area contributed by atoms with Gasteiger partial charge in [0.2, 0.25) is 0 Å². The monoisotopic (exact) mass is 503 g/mol. The third kappa shape index (κ3) is 4.19. The smallest absolute Gasteiger partial charge is 0.260 e. The number of pyridine rings is 1. The van der Waals surface area contributed by atoms with Gasteiger partial charge in [-0.1, -0.05) is 43.7 Å². The molecule has 3 heterocycles. The molecular formula is C28H33N5O2S. The number of benzene rings is 2. The molecule has 1 amide bonds. The average Bonchev–Trinajstić information content (AvgIpc) is 3.23. The van der Waals surface area contributed by atoms with Crippen molar-refractivity contribution in [3.63, 3.8) is 0 Å². The van der Waals surface area contributed by atoms with Crippen LogP contribution in [-0.2, 0) is 6.42 Å². The Labute approximate surface area is 215 Å². The lowest BCUT2D eigenvalue weighted by molar-refractivity contribution is 0.100. The van der Waals surface area contributed by atoms with Gasteiger partial charge in [0.1, 0.15) is 21.3 Å². The summed E-state index contributed by atoms with van der Waals surface area (Å²) in [6.07, 6.45) is 3.75. The average molecular weight is 504 g/mol. The minimum Gasteiger partial charge on any atom is -0.506 e. The molecule has 0 unspecified atom stereocenters. The van der Waals surface area contributed by atoms with Crippen molar-refractivity contribution in [3.05, 3.63) is 52.9 Å². The van der Waals surface area contributed by atoms with E-state index in [-0.39, 0.29) is 0 Å². The van der Waals surface area contributed by atoms with Crippen molar-refractivity contribution < 1.29 is 9.90 Å². The summed E-state index contributed by atoms with van der Waals surface area (Å²) in [7, 11) is 0. The number of piperidine rings is 1. The highest BCUT2D eigenvalue weighted by molar-refractivity contribution is 7.21. The third-order valence-corrected chi connectivity index (χ3v) is 8.36. The van der Waals surface area contributed by atoms with Crippen LogP contribution in [0.1, 0.15) is 48.3 Å². The number of thiophene rings is 1. The molecule has 2 aromatic carbocycles. The minimum atomic E-state index is -0.503. The van der Waals surface area contributed by atoms with Crippen molar-refractivity contribution in [2.75, 3.05) is 35.2 Å². The zero-order valence-corrected chi connectivity index (χ0v) is 21.6. The van der Waals surface area contributed by atoms with Crippen molar-refractivity contribution in [2.45, 2.75) is 45.6 Å². The topological polar surface area (TPSA) is 109 Å². The van der Waals surface area contributed by atoms with Crippen molar-refractivity contribution in [3.8, 4) is 5.75 Å². The maximum absolute atomic E-state index is 11.9. The number of nitrogens with zero attached hydrogens (tertiary/aromatic N) is 3. The zero-order chi connectivity index (χ0) is 25.4. The molecule has 4 aromatic rings. The molecule has 36 heavy (non-hydrogen) atoms. The largest absolute Gasteiger partial charge is 0.506 e. The maximum atomic E-state index is 11.9. The van der Waals surface area contributed by atoms with Crippen LogP contribution in [0.25, 0.3) is 21.0 Å². The highest BCUT2D eigenvalue weighted by Gasteiger charge is 2.28. The van der Waals surface area contributed by atoms with Gasteiger partial charge >= 0.3 is 0 Å². The first-order valence-electron chi connectivity index (χ1n) is 12.7. The fourth-order valence-corrected chi connectivity index (χ4v) is 6.54. The van der Waals surface area contributed by atoms with Gasteiger partial charge in [0.15, 0.2) is 0 Å². The molecule has 1 aliphatic rings. The van der Waals surface area contributed by atoms with E-state index in [1.165, 1.54) is 11.3 Å². The molecule has 7 nitrogen and oxygen atoms in total. The summed E-state index contributed by atoms with van der Waals surface area (Å²) in [5.41, 5.74) is 14.4. The number of nitrogens with two attached hydrogens (primary N) is 2. The highest BCUT2D eigenvalue weighted by Crippen LogP contribution is 2.40. The third-order valence-electron chi connectivity index (χ3n) is 7.25. The SMILES string of the molecule is CCCc1cc(N2CCC(N(CC)c3c(O)ccc4ccccc34)CC2)nc2sc(C(N)=O)c(N)c12. The predicted molar refractivity (Wildman–Crippen MR) is 150 cm³/mol. The van der Waals surface area contributed by atoms with Crippen LogP contribution in [0, 0.1) is 0 Å². The van der Waals surface area contributed by atoms with E-state index in [0.717, 1.165) is 83.4 Å². The number of aryl methyl sites for hydroxylation is 1. The summed E-state index contributed by atoms with van der Waals surface area (Å²) < 4.78 is 0. The van der Waals surface area contributed by atoms with Crippen LogP contribution in [0.3, 0.4) is 0 Å². The summed E-state index contributed by atoms with van der Waals surface area (Å²) in [5.74, 6) is 0.754. The second-order valence-corrected chi connectivity index (χ2v) is 10.4. The number of carbonyl (C=O) groups excluding carboxylic acids is 1. The Balaban J connectivity index is 1.42. The van der Waals surface area contributed by atoms with Gasteiger partial charge in [-0.15, -0.1) is 11.3 Å². The molecule has 1 aliphatic heterocycles. The molecule has 0 radical (unpaired) electrons. The lowest BCUT2D eigenvalue weighted by Gasteiger charge is -2.40. The first kappa shape index (κ1) is 24.2. The second-order valence-electron chi connectivity index (χ2n) is 9.44. The molecule has 8 heteroatoms. The number of amides is 1. The van der Waals surface area contributed by atoms with Crippen LogP contribution in [0.15, 0.2) is 42.5 Å². The predicted octanol–water partition coefficient (Wildman–Crippen LogP) is 5.28. The van der Waals surface area contributed by atoms with Crippen LogP contribution < -0.4 is 21.3 Å². The number of fused-ring (bicyclic) bond motifs is 2. The number of phenols is 1. The van der Waals surface area contributed by atoms with E-state index in [1.54, 1.807) is 6.07 Å². The first-order valence-corrected chi connectivity index (χ1v) is 13.5. The summed E-state index contributed by atoms with van der Waals surface area (Å²) in [4.78, 5) is 22.6. The Morgan fingerprint density at radius 2 is 1.94 bits per heavy atom. The minimum absolute atomic E-state index is 0.320. The van der Waals surface area contributed by atoms with Crippen molar-refractivity contribution in [1.82, 2.24) is 4.98 Å². The fourth-order valence-electron chi connectivity index (χ4n) is 5.55. The molecular weight excluding hydrogens is 470 g/mol. The first-order chi connectivity index (χ1) is 17.4. The van der Waals surface area contributed by atoms with E-state index < -0.39 is 5.91 Å². The highest BCUT2D eigenvalue weighted by atomic mass is 32.1. The van der Waals surface area contributed by atoms with Crippen molar-refractivity contribution in [2.24, 2.45) is 5.73 Å². The van der Waals surface area contributed by atoms with Gasteiger partial charge in [0.25, 0.3) is 5.91 Å². The van der Waals surface area contributed by atoms with Crippen LogP contribution in [-0.4, -0.2) is 41.7 Å². The molecule has 1 saturated heterocycles. The molecule has 2 aromatic heterocycles. The molecule has 188 valence electrons. The van der Waals surface area contributed by atoms with Gasteiger partial charge in [-0.25, -0.2) is 4.98 Å². The Bertz CT molecular complexity index is 1420. The number of nitrogen functional groups attached to an aromatic ring is 1. The molecule has 0 bridgehead atoms. The second kappa shape index (κ2) is 9.85. The lowest BCUT2D eigenvalue weighted by atomic mass is 9.99. The van der Waals surface area contributed by atoms with E-state index in [2.05, 4.69) is 41.8 Å². The summed E-state index contributed by atoms with van der Waals surface area (Å²) >= 11 is 1.29. The number of hydrogen-bond donors (Lipinski definition) is 3. The number of primary amides is 1. The van der Waals surface area contributed by atoms with Crippen LogP contribution in [0.5, 0.6) is 5.75 Å². The summed E-state index contributed by atoms with van der Waals surface area (Å²) in [6, 6.07) is 14.5. The van der Waals surface area contributed by atoms with Gasteiger partial charge in [0.05, 0.1) is 11.4 Å². The van der Waals surface area contributed by atoms with Crippen LogP contribution in [0.2, 0.25) is 0 Å². The van der Waals surface area contributed by atoms with E-state index in [9.17, 15) is 9.90 Å². The molecule has 0 saturated carbocycles. The maximum Gasteiger partial charge on any atom is 0.260 e.